The summed E-state index contributed by atoms with van der Waals surface area (Å²) in [7, 11) is 3.45. The van der Waals surface area contributed by atoms with Crippen LogP contribution in [0.3, 0.4) is 0 Å². The highest BCUT2D eigenvalue weighted by atomic mass is 16.5. The minimum atomic E-state index is -0.0921. The van der Waals surface area contributed by atoms with E-state index in [-0.39, 0.29) is 12.5 Å². The first kappa shape index (κ1) is 14.1. The first-order valence-corrected chi connectivity index (χ1v) is 6.31. The van der Waals surface area contributed by atoms with Crippen molar-refractivity contribution in [3.63, 3.8) is 0 Å². The summed E-state index contributed by atoms with van der Waals surface area (Å²) in [6, 6.07) is 7.22. The van der Waals surface area contributed by atoms with E-state index in [1.54, 1.807) is 43.8 Å². The Kier molecular flexibility index (Phi) is 4.73. The first-order valence-electron chi connectivity index (χ1n) is 6.31. The van der Waals surface area contributed by atoms with Crippen molar-refractivity contribution in [3.05, 3.63) is 42.5 Å². The van der Waals surface area contributed by atoms with E-state index < -0.39 is 0 Å². The predicted molar refractivity (Wildman–Crippen MR) is 76.6 cm³/mol. The zero-order chi connectivity index (χ0) is 14.4. The molecule has 0 radical (unpaired) electrons. The lowest BCUT2D eigenvalue weighted by molar-refractivity contribution is -0.116. The van der Waals surface area contributed by atoms with E-state index in [4.69, 9.17) is 4.74 Å². The molecule has 6 nitrogen and oxygen atoms in total. The smallest absolute Gasteiger partial charge is 0.244 e. The normalized spacial score (nSPS) is 10.3. The zero-order valence-electron chi connectivity index (χ0n) is 11.6. The molecule has 6 heteroatoms. The average Bonchev–Trinajstić information content (AvgIpc) is 2.87. The second-order valence-electron chi connectivity index (χ2n) is 4.28. The average molecular weight is 274 g/mol. The zero-order valence-corrected chi connectivity index (χ0v) is 11.6. The van der Waals surface area contributed by atoms with Crippen LogP contribution in [0.15, 0.2) is 36.7 Å². The summed E-state index contributed by atoms with van der Waals surface area (Å²) in [5.74, 6) is 1.50. The number of imidazole rings is 1. The van der Waals surface area contributed by atoms with Gasteiger partial charge >= 0.3 is 0 Å². The van der Waals surface area contributed by atoms with E-state index in [1.807, 2.05) is 11.6 Å². The first-order chi connectivity index (χ1) is 9.72. The highest BCUT2D eigenvalue weighted by Crippen LogP contribution is 2.15. The third kappa shape index (κ3) is 3.58. The maximum Gasteiger partial charge on any atom is 0.244 e. The number of carbonyl (C=O) groups is 1. The Morgan fingerprint density at radius 2 is 2.10 bits per heavy atom. The number of hydrogen-bond acceptors (Lipinski definition) is 4. The van der Waals surface area contributed by atoms with Gasteiger partial charge in [-0.2, -0.15) is 0 Å². The summed E-state index contributed by atoms with van der Waals surface area (Å²) < 4.78 is 6.88. The number of rotatable bonds is 6. The molecule has 20 heavy (non-hydrogen) atoms. The molecule has 0 saturated carbocycles. The molecule has 0 aliphatic carbocycles. The summed E-state index contributed by atoms with van der Waals surface area (Å²) >= 11 is 0. The molecule has 1 amide bonds. The molecule has 106 valence electrons. The molecule has 2 N–H and O–H groups in total. The minimum Gasteiger partial charge on any atom is -0.497 e. The molecular weight excluding hydrogens is 256 g/mol. The molecule has 0 bridgehead atoms. The Hall–Kier alpha value is -2.34. The molecule has 2 rings (SSSR count). The largest absolute Gasteiger partial charge is 0.497 e. The topological polar surface area (TPSA) is 68.2 Å². The second-order valence-corrected chi connectivity index (χ2v) is 4.28. The Morgan fingerprint density at radius 3 is 2.75 bits per heavy atom. The van der Waals surface area contributed by atoms with Crippen LogP contribution in [0, 0.1) is 0 Å². The summed E-state index contributed by atoms with van der Waals surface area (Å²) in [5, 5.41) is 5.85. The van der Waals surface area contributed by atoms with Gasteiger partial charge in [0.15, 0.2) is 0 Å². The molecule has 2 aromatic rings. The van der Waals surface area contributed by atoms with Crippen LogP contribution in [0.5, 0.6) is 5.75 Å². The Bertz CT molecular complexity index is 563. The molecule has 1 aromatic carbocycles. The van der Waals surface area contributed by atoms with Crippen LogP contribution in [0.4, 0.5) is 5.69 Å². The van der Waals surface area contributed by atoms with Crippen LogP contribution in [-0.2, 0) is 17.9 Å². The lowest BCUT2D eigenvalue weighted by Gasteiger charge is -2.09. The van der Waals surface area contributed by atoms with Crippen LogP contribution in [-0.4, -0.2) is 29.6 Å². The number of aromatic nitrogens is 2. The third-order valence-corrected chi connectivity index (χ3v) is 2.82. The standard InChI is InChI=1S/C14H18N4O2/c1-15-9-13-16-7-8-18(13)10-14(19)17-11-3-5-12(20-2)6-4-11/h3-8,15H,9-10H2,1-2H3,(H,17,19). The molecule has 0 unspecified atom stereocenters. The maximum atomic E-state index is 12.0. The number of nitrogens with one attached hydrogen (secondary N) is 2. The quantitative estimate of drug-likeness (QED) is 0.832. The van der Waals surface area contributed by atoms with Gasteiger partial charge in [-0.05, 0) is 31.3 Å². The molecular formula is C14H18N4O2. The van der Waals surface area contributed by atoms with Crippen LogP contribution in [0.25, 0.3) is 0 Å². The molecule has 0 aliphatic rings. The van der Waals surface area contributed by atoms with Crippen LogP contribution < -0.4 is 15.4 Å². The number of nitrogens with zero attached hydrogens (tertiary/aromatic N) is 2. The number of benzene rings is 1. The molecule has 1 heterocycles. The van der Waals surface area contributed by atoms with Crippen molar-refractivity contribution < 1.29 is 9.53 Å². The van der Waals surface area contributed by atoms with Gasteiger partial charge in [-0.25, -0.2) is 4.98 Å². The van der Waals surface area contributed by atoms with Gasteiger partial charge in [0.05, 0.1) is 13.7 Å². The lowest BCUT2D eigenvalue weighted by atomic mass is 10.3. The van der Waals surface area contributed by atoms with Crippen molar-refractivity contribution in [1.29, 1.82) is 0 Å². The SMILES string of the molecule is CNCc1nccn1CC(=O)Nc1ccc(OC)cc1. The number of hydrogen-bond donors (Lipinski definition) is 2. The predicted octanol–water partition coefficient (Wildman–Crippen LogP) is 1.25. The fraction of sp³-hybridized carbons (Fsp3) is 0.286. The van der Waals surface area contributed by atoms with E-state index in [0.717, 1.165) is 17.3 Å². The van der Waals surface area contributed by atoms with E-state index in [0.29, 0.717) is 6.54 Å². The van der Waals surface area contributed by atoms with E-state index in [9.17, 15) is 4.79 Å². The van der Waals surface area contributed by atoms with Crippen LogP contribution >= 0.6 is 0 Å². The van der Waals surface area contributed by atoms with Crippen molar-refractivity contribution in [2.45, 2.75) is 13.1 Å². The van der Waals surface area contributed by atoms with E-state index in [2.05, 4.69) is 15.6 Å². The number of ether oxygens (including phenoxy) is 1. The van der Waals surface area contributed by atoms with Gasteiger partial charge in [0.1, 0.15) is 18.1 Å². The fourth-order valence-electron chi connectivity index (χ4n) is 1.84. The molecule has 0 saturated heterocycles. The van der Waals surface area contributed by atoms with Gasteiger partial charge in [0, 0.05) is 18.1 Å². The summed E-state index contributed by atoms with van der Waals surface area (Å²) in [5.41, 5.74) is 0.742. The van der Waals surface area contributed by atoms with Crippen molar-refractivity contribution in [2.75, 3.05) is 19.5 Å². The van der Waals surface area contributed by atoms with Crippen molar-refractivity contribution in [2.24, 2.45) is 0 Å². The van der Waals surface area contributed by atoms with Crippen LogP contribution in [0.1, 0.15) is 5.82 Å². The van der Waals surface area contributed by atoms with Crippen LogP contribution in [0.2, 0.25) is 0 Å². The van der Waals surface area contributed by atoms with E-state index in [1.165, 1.54) is 0 Å². The van der Waals surface area contributed by atoms with Gasteiger partial charge in [0.2, 0.25) is 5.91 Å². The van der Waals surface area contributed by atoms with Gasteiger partial charge < -0.3 is 19.9 Å². The number of anilines is 1. The molecule has 1 aromatic heterocycles. The van der Waals surface area contributed by atoms with Gasteiger partial charge in [-0.3, -0.25) is 4.79 Å². The van der Waals surface area contributed by atoms with Crippen molar-refractivity contribution >= 4 is 11.6 Å². The van der Waals surface area contributed by atoms with Crippen molar-refractivity contribution in [3.8, 4) is 5.75 Å². The maximum absolute atomic E-state index is 12.0. The Morgan fingerprint density at radius 1 is 1.35 bits per heavy atom. The highest BCUT2D eigenvalue weighted by molar-refractivity contribution is 5.90. The monoisotopic (exact) mass is 274 g/mol. The lowest BCUT2D eigenvalue weighted by Crippen LogP contribution is -2.21. The molecule has 0 atom stereocenters. The Labute approximate surface area is 117 Å². The van der Waals surface area contributed by atoms with Gasteiger partial charge in [-0.15, -0.1) is 0 Å². The summed E-state index contributed by atoms with van der Waals surface area (Å²) in [6.45, 7) is 0.867. The highest BCUT2D eigenvalue weighted by Gasteiger charge is 2.07. The molecule has 0 aliphatic heterocycles. The fourth-order valence-corrected chi connectivity index (χ4v) is 1.84. The minimum absolute atomic E-state index is 0.0921. The third-order valence-electron chi connectivity index (χ3n) is 2.82. The number of methoxy groups -OCH3 is 1. The van der Waals surface area contributed by atoms with Gasteiger partial charge in [0.25, 0.3) is 0 Å². The summed E-state index contributed by atoms with van der Waals surface area (Å²) in [6.07, 6.45) is 3.48. The Balaban J connectivity index is 1.95. The van der Waals surface area contributed by atoms with E-state index >= 15 is 0 Å². The summed E-state index contributed by atoms with van der Waals surface area (Å²) in [4.78, 5) is 16.2. The van der Waals surface area contributed by atoms with Crippen molar-refractivity contribution in [1.82, 2.24) is 14.9 Å². The van der Waals surface area contributed by atoms with Gasteiger partial charge in [-0.1, -0.05) is 0 Å². The number of carbonyl (C=O) groups excluding carboxylic acids is 1. The molecule has 0 spiro atoms. The number of amides is 1. The second kappa shape index (κ2) is 6.72. The molecule has 0 fully saturated rings.